The Morgan fingerprint density at radius 3 is 2.79 bits per heavy atom. The number of halogens is 2. The van der Waals surface area contributed by atoms with Gasteiger partial charge in [-0.25, -0.2) is 4.39 Å². The van der Waals surface area contributed by atoms with Crippen LogP contribution in [0.2, 0.25) is 0 Å². The fraction of sp³-hybridized carbons (Fsp3) is 0.400. The molecule has 0 aliphatic rings. The van der Waals surface area contributed by atoms with Gasteiger partial charge >= 0.3 is 0 Å². The van der Waals surface area contributed by atoms with Crippen molar-refractivity contribution < 1.29 is 9.50 Å². The van der Waals surface area contributed by atoms with Gasteiger partial charge in [-0.15, -0.1) is 0 Å². The molecule has 14 heavy (non-hydrogen) atoms. The normalized spacial score (nSPS) is 12.9. The Hall–Kier alpha value is -0.450. The van der Waals surface area contributed by atoms with Crippen LogP contribution in [0, 0.1) is 5.82 Å². The summed E-state index contributed by atoms with van der Waals surface area (Å²) in [5.74, 6) is -0.271. The van der Waals surface area contributed by atoms with Crippen molar-refractivity contribution >= 4 is 15.9 Å². The van der Waals surface area contributed by atoms with Crippen LogP contribution in [-0.2, 0) is 0 Å². The second-order valence-corrected chi connectivity index (χ2v) is 3.88. The summed E-state index contributed by atoms with van der Waals surface area (Å²) in [6, 6.07) is 4.93. The molecule has 0 aliphatic heterocycles. The summed E-state index contributed by atoms with van der Waals surface area (Å²) in [6.07, 6.45) is 0.620. The maximum Gasteiger partial charge on any atom is 0.137 e. The van der Waals surface area contributed by atoms with Gasteiger partial charge in [-0.2, -0.15) is 0 Å². The van der Waals surface area contributed by atoms with E-state index >= 15 is 0 Å². The van der Waals surface area contributed by atoms with Crippen molar-refractivity contribution in [3.63, 3.8) is 0 Å². The molecule has 1 aromatic carbocycles. The first-order valence-corrected chi connectivity index (χ1v) is 5.21. The van der Waals surface area contributed by atoms with Crippen LogP contribution in [0.5, 0.6) is 0 Å². The number of nitrogens with one attached hydrogen (secondary N) is 1. The largest absolute Gasteiger partial charge is 0.396 e. The van der Waals surface area contributed by atoms with Gasteiger partial charge < -0.3 is 10.4 Å². The molecule has 0 heterocycles. The molecular weight excluding hydrogens is 249 g/mol. The highest BCUT2D eigenvalue weighted by Gasteiger charge is 2.09. The number of hydrogen-bond donors (Lipinski definition) is 2. The molecule has 0 saturated heterocycles. The Morgan fingerprint density at radius 1 is 1.57 bits per heavy atom. The monoisotopic (exact) mass is 261 g/mol. The van der Waals surface area contributed by atoms with Gasteiger partial charge in [0.15, 0.2) is 0 Å². The Balaban J connectivity index is 2.88. The number of aliphatic hydroxyl groups is 1. The molecule has 1 atom stereocenters. The van der Waals surface area contributed by atoms with E-state index < -0.39 is 0 Å². The lowest BCUT2D eigenvalue weighted by molar-refractivity contribution is 0.269. The first-order chi connectivity index (χ1) is 6.69. The molecule has 0 amide bonds. The lowest BCUT2D eigenvalue weighted by Crippen LogP contribution is -2.17. The number of benzene rings is 1. The zero-order valence-electron chi connectivity index (χ0n) is 7.93. The maximum atomic E-state index is 12.9. The molecule has 2 N–H and O–H groups in total. The maximum absolute atomic E-state index is 12.9. The van der Waals surface area contributed by atoms with Crippen molar-refractivity contribution in [2.24, 2.45) is 0 Å². The number of aliphatic hydroxyl groups excluding tert-OH is 1. The molecule has 0 bridgehead atoms. The fourth-order valence-electron chi connectivity index (χ4n) is 1.34. The third kappa shape index (κ3) is 2.77. The van der Waals surface area contributed by atoms with Gasteiger partial charge in [0.2, 0.25) is 0 Å². The van der Waals surface area contributed by atoms with Gasteiger partial charge in [0.05, 0.1) is 4.47 Å². The van der Waals surface area contributed by atoms with Gasteiger partial charge in [0.1, 0.15) is 5.82 Å². The van der Waals surface area contributed by atoms with E-state index in [2.05, 4.69) is 21.2 Å². The van der Waals surface area contributed by atoms with E-state index in [1.54, 1.807) is 12.1 Å². The molecule has 4 heteroatoms. The summed E-state index contributed by atoms with van der Waals surface area (Å²) >= 11 is 3.13. The van der Waals surface area contributed by atoms with E-state index in [1.165, 1.54) is 6.07 Å². The van der Waals surface area contributed by atoms with Crippen LogP contribution in [0.15, 0.2) is 22.7 Å². The summed E-state index contributed by atoms with van der Waals surface area (Å²) in [5, 5.41) is 11.9. The van der Waals surface area contributed by atoms with Crippen LogP contribution in [0.3, 0.4) is 0 Å². The van der Waals surface area contributed by atoms with Gasteiger partial charge in [-0.1, -0.05) is 6.07 Å². The summed E-state index contributed by atoms with van der Waals surface area (Å²) in [7, 11) is 1.82. The first kappa shape index (κ1) is 11.6. The zero-order valence-corrected chi connectivity index (χ0v) is 9.51. The van der Waals surface area contributed by atoms with Crippen LogP contribution >= 0.6 is 15.9 Å². The average Bonchev–Trinajstić information content (AvgIpc) is 2.19. The molecule has 0 fully saturated rings. The van der Waals surface area contributed by atoms with Gasteiger partial charge in [0.25, 0.3) is 0 Å². The van der Waals surface area contributed by atoms with E-state index in [1.807, 2.05) is 7.05 Å². The summed E-state index contributed by atoms with van der Waals surface area (Å²) in [5.41, 5.74) is 0.967. The van der Waals surface area contributed by atoms with E-state index in [9.17, 15) is 4.39 Å². The SMILES string of the molecule is CNC(CCO)c1ccc(F)c(Br)c1. The smallest absolute Gasteiger partial charge is 0.137 e. The molecule has 0 spiro atoms. The van der Waals surface area contributed by atoms with Gasteiger partial charge in [-0.3, -0.25) is 0 Å². The molecule has 0 radical (unpaired) electrons. The third-order valence-corrected chi connectivity index (χ3v) is 2.72. The number of hydrogen-bond acceptors (Lipinski definition) is 2. The molecule has 1 rings (SSSR count). The minimum Gasteiger partial charge on any atom is -0.396 e. The average molecular weight is 262 g/mol. The minimum absolute atomic E-state index is 0.0666. The van der Waals surface area contributed by atoms with Crippen molar-refractivity contribution in [2.45, 2.75) is 12.5 Å². The second kappa shape index (κ2) is 5.44. The lowest BCUT2D eigenvalue weighted by atomic mass is 10.0. The summed E-state index contributed by atoms with van der Waals surface area (Å²) in [4.78, 5) is 0. The third-order valence-electron chi connectivity index (χ3n) is 2.11. The lowest BCUT2D eigenvalue weighted by Gasteiger charge is -2.15. The fourth-order valence-corrected chi connectivity index (χ4v) is 1.73. The zero-order chi connectivity index (χ0) is 10.6. The Kier molecular flexibility index (Phi) is 4.51. The molecule has 1 aromatic rings. The molecule has 2 nitrogen and oxygen atoms in total. The van der Waals surface area contributed by atoms with Crippen LogP contribution in [-0.4, -0.2) is 18.8 Å². The molecular formula is C10H13BrFNO. The Labute approximate surface area is 91.3 Å². The van der Waals surface area contributed by atoms with Crippen molar-refractivity contribution in [1.82, 2.24) is 5.32 Å². The molecule has 1 unspecified atom stereocenters. The molecule has 0 aliphatic carbocycles. The summed E-state index contributed by atoms with van der Waals surface area (Å²) < 4.78 is 13.4. The van der Waals surface area contributed by atoms with E-state index in [0.29, 0.717) is 10.9 Å². The molecule has 0 saturated carbocycles. The van der Waals surface area contributed by atoms with Gasteiger partial charge in [0, 0.05) is 12.6 Å². The predicted molar refractivity (Wildman–Crippen MR) is 57.6 cm³/mol. The van der Waals surface area contributed by atoms with Crippen molar-refractivity contribution in [3.8, 4) is 0 Å². The highest BCUT2D eigenvalue weighted by Crippen LogP contribution is 2.22. The molecule has 0 aromatic heterocycles. The topological polar surface area (TPSA) is 32.3 Å². The minimum atomic E-state index is -0.271. The van der Waals surface area contributed by atoms with Crippen LogP contribution < -0.4 is 5.32 Å². The predicted octanol–water partition coefficient (Wildman–Crippen LogP) is 2.23. The molecule has 78 valence electrons. The van der Waals surface area contributed by atoms with Crippen LogP contribution in [0.25, 0.3) is 0 Å². The quantitative estimate of drug-likeness (QED) is 0.872. The van der Waals surface area contributed by atoms with E-state index in [4.69, 9.17) is 5.11 Å². The standard InChI is InChI=1S/C10H13BrFNO/c1-13-10(4-5-14)7-2-3-9(12)8(11)6-7/h2-3,6,10,13-14H,4-5H2,1H3. The summed E-state index contributed by atoms with van der Waals surface area (Å²) in [6.45, 7) is 0.112. The van der Waals surface area contributed by atoms with Crippen LogP contribution in [0.4, 0.5) is 4.39 Å². The highest BCUT2D eigenvalue weighted by atomic mass is 79.9. The van der Waals surface area contributed by atoms with Crippen LogP contribution in [0.1, 0.15) is 18.0 Å². The van der Waals surface area contributed by atoms with Crippen molar-refractivity contribution in [2.75, 3.05) is 13.7 Å². The Morgan fingerprint density at radius 2 is 2.29 bits per heavy atom. The van der Waals surface area contributed by atoms with E-state index in [-0.39, 0.29) is 18.5 Å². The highest BCUT2D eigenvalue weighted by molar-refractivity contribution is 9.10. The first-order valence-electron chi connectivity index (χ1n) is 4.42. The van der Waals surface area contributed by atoms with Crippen molar-refractivity contribution in [1.29, 1.82) is 0 Å². The van der Waals surface area contributed by atoms with Crippen molar-refractivity contribution in [3.05, 3.63) is 34.1 Å². The number of rotatable bonds is 4. The van der Waals surface area contributed by atoms with E-state index in [0.717, 1.165) is 5.56 Å². The van der Waals surface area contributed by atoms with Gasteiger partial charge in [-0.05, 0) is 47.1 Å². The second-order valence-electron chi connectivity index (χ2n) is 3.03. The Bertz CT molecular complexity index is 306.